The number of nitrogens with one attached hydrogen (secondary N) is 1. The summed E-state index contributed by atoms with van der Waals surface area (Å²) in [6.07, 6.45) is 1.05. The van der Waals surface area contributed by atoms with Crippen LogP contribution in [0.25, 0.3) is 0 Å². The Kier molecular flexibility index (Phi) is 4.46. The number of nitro benzene ring substituents is 1. The van der Waals surface area contributed by atoms with Crippen molar-refractivity contribution in [1.82, 2.24) is 0 Å². The number of non-ortho nitro benzene ring substituents is 1. The van der Waals surface area contributed by atoms with Crippen LogP contribution in [0.4, 0.5) is 11.4 Å². The van der Waals surface area contributed by atoms with Gasteiger partial charge in [0.1, 0.15) is 0 Å². The first kappa shape index (κ1) is 16.6. The van der Waals surface area contributed by atoms with E-state index in [4.69, 9.17) is 0 Å². The van der Waals surface area contributed by atoms with Gasteiger partial charge in [-0.1, -0.05) is 12.1 Å². The van der Waals surface area contributed by atoms with E-state index in [9.17, 15) is 23.3 Å². The molecule has 0 saturated carbocycles. The number of rotatable bonds is 4. The average molecular weight is 334 g/mol. The standard InChI is InChI=1S/C15H14N2O5S/c1-10-6-7-12(17(19)20)9-14(10)16-15(18)11-4-3-5-13(8-11)23(2,21)22/h3-9H,1-2H3,(H,16,18). The Morgan fingerprint density at radius 3 is 2.48 bits per heavy atom. The largest absolute Gasteiger partial charge is 0.321 e. The molecule has 1 amide bonds. The number of nitro groups is 1. The molecule has 0 atom stereocenters. The first-order chi connectivity index (χ1) is 10.7. The van der Waals surface area contributed by atoms with Gasteiger partial charge in [0.25, 0.3) is 11.6 Å². The fourth-order valence-electron chi connectivity index (χ4n) is 1.92. The molecule has 7 nitrogen and oxygen atoms in total. The van der Waals surface area contributed by atoms with Crippen molar-refractivity contribution in [3.63, 3.8) is 0 Å². The second-order valence-electron chi connectivity index (χ2n) is 5.01. The van der Waals surface area contributed by atoms with Crippen molar-refractivity contribution in [3.05, 3.63) is 63.7 Å². The van der Waals surface area contributed by atoms with Crippen LogP contribution >= 0.6 is 0 Å². The van der Waals surface area contributed by atoms with E-state index in [1.807, 2.05) is 0 Å². The summed E-state index contributed by atoms with van der Waals surface area (Å²) < 4.78 is 23.1. The van der Waals surface area contributed by atoms with Crippen LogP contribution in [0.1, 0.15) is 15.9 Å². The van der Waals surface area contributed by atoms with Crippen LogP contribution in [0.2, 0.25) is 0 Å². The fourth-order valence-corrected chi connectivity index (χ4v) is 2.59. The molecule has 2 aromatic rings. The minimum atomic E-state index is -3.43. The summed E-state index contributed by atoms with van der Waals surface area (Å²) in [5.74, 6) is -0.543. The van der Waals surface area contributed by atoms with Crippen molar-refractivity contribution in [2.75, 3.05) is 11.6 Å². The van der Waals surface area contributed by atoms with Crippen molar-refractivity contribution in [2.24, 2.45) is 0 Å². The number of benzene rings is 2. The Morgan fingerprint density at radius 1 is 1.17 bits per heavy atom. The van der Waals surface area contributed by atoms with Gasteiger partial charge in [0.2, 0.25) is 0 Å². The second kappa shape index (κ2) is 6.17. The maximum absolute atomic E-state index is 12.3. The summed E-state index contributed by atoms with van der Waals surface area (Å²) in [7, 11) is -3.43. The molecule has 0 fully saturated rings. The Hall–Kier alpha value is -2.74. The van der Waals surface area contributed by atoms with Crippen LogP contribution in [0.3, 0.4) is 0 Å². The molecule has 2 aromatic carbocycles. The lowest BCUT2D eigenvalue weighted by molar-refractivity contribution is -0.384. The molecule has 1 N–H and O–H groups in total. The van der Waals surface area contributed by atoms with E-state index in [1.54, 1.807) is 6.92 Å². The van der Waals surface area contributed by atoms with E-state index in [0.29, 0.717) is 11.3 Å². The average Bonchev–Trinajstić information content (AvgIpc) is 2.48. The highest BCUT2D eigenvalue weighted by atomic mass is 32.2. The monoisotopic (exact) mass is 334 g/mol. The van der Waals surface area contributed by atoms with Gasteiger partial charge in [-0.3, -0.25) is 14.9 Å². The van der Waals surface area contributed by atoms with E-state index >= 15 is 0 Å². The van der Waals surface area contributed by atoms with Gasteiger partial charge in [0.05, 0.1) is 15.5 Å². The van der Waals surface area contributed by atoms with E-state index in [-0.39, 0.29) is 16.1 Å². The second-order valence-corrected chi connectivity index (χ2v) is 7.03. The van der Waals surface area contributed by atoms with Crippen molar-refractivity contribution in [1.29, 1.82) is 0 Å². The predicted octanol–water partition coefficient (Wildman–Crippen LogP) is 2.56. The minimum Gasteiger partial charge on any atom is -0.321 e. The molecule has 0 unspecified atom stereocenters. The number of hydrogen-bond donors (Lipinski definition) is 1. The summed E-state index contributed by atoms with van der Waals surface area (Å²) in [5, 5.41) is 13.4. The minimum absolute atomic E-state index is 0.0286. The third-order valence-electron chi connectivity index (χ3n) is 3.20. The van der Waals surface area contributed by atoms with Crippen LogP contribution in [0, 0.1) is 17.0 Å². The van der Waals surface area contributed by atoms with Crippen LogP contribution < -0.4 is 5.32 Å². The normalized spacial score (nSPS) is 11.0. The Labute approximate surface area is 133 Å². The Morgan fingerprint density at radius 2 is 1.87 bits per heavy atom. The molecule has 23 heavy (non-hydrogen) atoms. The zero-order valence-corrected chi connectivity index (χ0v) is 13.3. The number of carbonyl (C=O) groups is 1. The topological polar surface area (TPSA) is 106 Å². The van der Waals surface area contributed by atoms with Gasteiger partial charge in [0, 0.05) is 24.0 Å². The van der Waals surface area contributed by atoms with Crippen LogP contribution in [0.15, 0.2) is 47.4 Å². The molecule has 2 rings (SSSR count). The third kappa shape index (κ3) is 3.92. The highest BCUT2D eigenvalue weighted by molar-refractivity contribution is 7.90. The van der Waals surface area contributed by atoms with E-state index in [1.165, 1.54) is 42.5 Å². The number of sulfone groups is 1. The molecule has 0 aliphatic rings. The number of nitrogens with zero attached hydrogens (tertiary/aromatic N) is 1. The lowest BCUT2D eigenvalue weighted by Crippen LogP contribution is -2.13. The van der Waals surface area contributed by atoms with Gasteiger partial charge < -0.3 is 5.32 Å². The number of carbonyl (C=O) groups excluding carboxylic acids is 1. The molecule has 0 heterocycles. The van der Waals surface area contributed by atoms with Gasteiger partial charge in [0.15, 0.2) is 9.84 Å². The maximum Gasteiger partial charge on any atom is 0.271 e. The van der Waals surface area contributed by atoms with Gasteiger partial charge in [-0.05, 0) is 30.7 Å². The SMILES string of the molecule is Cc1ccc([N+](=O)[O-])cc1NC(=O)c1cccc(S(C)(=O)=O)c1. The van der Waals surface area contributed by atoms with Crippen molar-refractivity contribution in [2.45, 2.75) is 11.8 Å². The number of amides is 1. The van der Waals surface area contributed by atoms with E-state index in [2.05, 4.69) is 5.32 Å². The zero-order chi connectivity index (χ0) is 17.2. The third-order valence-corrected chi connectivity index (χ3v) is 4.31. The quantitative estimate of drug-likeness (QED) is 0.683. The van der Waals surface area contributed by atoms with Crippen LogP contribution in [-0.2, 0) is 9.84 Å². The Bertz CT molecular complexity index is 890. The summed E-state index contributed by atoms with van der Waals surface area (Å²) >= 11 is 0. The summed E-state index contributed by atoms with van der Waals surface area (Å²) in [4.78, 5) is 22.5. The van der Waals surface area contributed by atoms with Gasteiger partial charge in [-0.15, -0.1) is 0 Å². The molecular weight excluding hydrogens is 320 g/mol. The molecular formula is C15H14N2O5S. The molecule has 0 saturated heterocycles. The summed E-state index contributed by atoms with van der Waals surface area (Å²) in [6, 6.07) is 9.72. The summed E-state index contributed by atoms with van der Waals surface area (Å²) in [6.45, 7) is 1.70. The maximum atomic E-state index is 12.3. The van der Waals surface area contributed by atoms with E-state index < -0.39 is 20.7 Å². The van der Waals surface area contributed by atoms with Gasteiger partial charge in [-0.25, -0.2) is 8.42 Å². The van der Waals surface area contributed by atoms with Gasteiger partial charge >= 0.3 is 0 Å². The first-order valence-electron chi connectivity index (χ1n) is 6.55. The molecule has 0 aliphatic heterocycles. The van der Waals surface area contributed by atoms with Crippen molar-refractivity contribution in [3.8, 4) is 0 Å². The number of hydrogen-bond acceptors (Lipinski definition) is 5. The highest BCUT2D eigenvalue weighted by Gasteiger charge is 2.14. The van der Waals surface area contributed by atoms with Crippen molar-refractivity contribution >= 4 is 27.1 Å². The molecule has 0 aliphatic carbocycles. The molecule has 0 radical (unpaired) electrons. The highest BCUT2D eigenvalue weighted by Crippen LogP contribution is 2.22. The lowest BCUT2D eigenvalue weighted by atomic mass is 10.1. The predicted molar refractivity (Wildman–Crippen MR) is 85.3 cm³/mol. The smallest absolute Gasteiger partial charge is 0.271 e. The first-order valence-corrected chi connectivity index (χ1v) is 8.44. The van der Waals surface area contributed by atoms with Crippen LogP contribution in [0.5, 0.6) is 0 Å². The zero-order valence-electron chi connectivity index (χ0n) is 12.4. The molecule has 0 bridgehead atoms. The van der Waals surface area contributed by atoms with Gasteiger partial charge in [-0.2, -0.15) is 0 Å². The van der Waals surface area contributed by atoms with Crippen molar-refractivity contribution < 1.29 is 18.1 Å². The number of aryl methyl sites for hydroxylation is 1. The molecule has 0 spiro atoms. The van der Waals surface area contributed by atoms with E-state index in [0.717, 1.165) is 6.26 Å². The molecule has 0 aromatic heterocycles. The Balaban J connectivity index is 2.33. The molecule has 8 heteroatoms. The fraction of sp³-hybridized carbons (Fsp3) is 0.133. The van der Waals surface area contributed by atoms with Crippen LogP contribution in [-0.4, -0.2) is 25.5 Å². The lowest BCUT2D eigenvalue weighted by Gasteiger charge is -2.09. The molecule has 120 valence electrons. The summed E-state index contributed by atoms with van der Waals surface area (Å²) in [5.41, 5.74) is 0.965. The number of anilines is 1.